The third-order valence-electron chi connectivity index (χ3n) is 5.77. The quantitative estimate of drug-likeness (QED) is 0.0312. The molecule has 47 heavy (non-hydrogen) atoms. The van der Waals surface area contributed by atoms with E-state index >= 15 is 0 Å². The number of amides is 6. The number of carboxylic acids is 2. The van der Waals surface area contributed by atoms with E-state index in [0.717, 1.165) is 0 Å². The molecule has 0 aromatic rings. The monoisotopic (exact) mass is 675 g/mol. The molecule has 4 unspecified atom stereocenters. The number of guanidine groups is 1. The van der Waals surface area contributed by atoms with Crippen molar-refractivity contribution in [1.82, 2.24) is 26.6 Å². The standard InChI is InChI=1S/C26H45N9O12/c1-26(2,3)47-25(46)35-16(12-36)23(45)32-13(5-4-10-30-24(28)29)21(43)34-15(6-8-17(27)37)22(44)33-14(7-9-18(38)39)20(42)31-11-19(40)41/h13-16,36H,4-12H2,1-3H3,(H2,27,37)(H,31,42)(H,32,45)(H,33,44)(H,34,43)(H,35,46)(H,38,39)(H,40,41)(H4,28,29,30). The van der Waals surface area contributed by atoms with Crippen LogP contribution in [0.25, 0.3) is 0 Å². The van der Waals surface area contributed by atoms with E-state index in [1.165, 1.54) is 0 Å². The molecule has 0 saturated heterocycles. The van der Waals surface area contributed by atoms with Crippen LogP contribution in [-0.4, -0.2) is 118 Å². The van der Waals surface area contributed by atoms with E-state index in [1.807, 2.05) is 5.32 Å². The van der Waals surface area contributed by atoms with Gasteiger partial charge in [-0.05, 0) is 46.5 Å². The number of hydrogen-bond donors (Lipinski definition) is 11. The number of alkyl carbamates (subject to hydrolysis) is 1. The molecule has 266 valence electrons. The molecule has 21 heteroatoms. The summed E-state index contributed by atoms with van der Waals surface area (Å²) in [5, 5.41) is 38.7. The van der Waals surface area contributed by atoms with Crippen molar-refractivity contribution in [3.05, 3.63) is 0 Å². The Hall–Kier alpha value is -5.21. The minimum atomic E-state index is -1.57. The number of hydrogen-bond acceptors (Lipinski definition) is 11. The van der Waals surface area contributed by atoms with Crippen molar-refractivity contribution in [3.8, 4) is 0 Å². The first-order chi connectivity index (χ1) is 21.7. The zero-order valence-electron chi connectivity index (χ0n) is 26.4. The maximum absolute atomic E-state index is 13.4. The van der Waals surface area contributed by atoms with Gasteiger partial charge < -0.3 is 63.8 Å². The second kappa shape index (κ2) is 20.7. The topological polar surface area (TPSA) is 357 Å². The predicted molar refractivity (Wildman–Crippen MR) is 162 cm³/mol. The summed E-state index contributed by atoms with van der Waals surface area (Å²) in [7, 11) is 0. The molecule has 0 radical (unpaired) electrons. The molecule has 21 nitrogen and oxygen atoms in total. The number of carbonyl (C=O) groups excluding carboxylic acids is 6. The summed E-state index contributed by atoms with van der Waals surface area (Å²) in [4.78, 5) is 101. The van der Waals surface area contributed by atoms with Gasteiger partial charge in [0.2, 0.25) is 29.5 Å². The van der Waals surface area contributed by atoms with E-state index in [9.17, 15) is 43.5 Å². The minimum Gasteiger partial charge on any atom is -0.481 e. The van der Waals surface area contributed by atoms with Crippen LogP contribution in [0.1, 0.15) is 59.3 Å². The van der Waals surface area contributed by atoms with Crippen LogP contribution in [-0.2, 0) is 38.3 Å². The SMILES string of the molecule is CC(C)(C)OC(=O)NC(CO)C(=O)NC(CCCN=C(N)N)C(=O)NC(CCC(N)=O)C(=O)NC(CCC(=O)O)C(=O)NCC(=O)O. The third-order valence-corrected chi connectivity index (χ3v) is 5.77. The molecule has 0 aliphatic heterocycles. The number of nitrogens with zero attached hydrogens (tertiary/aromatic N) is 1. The number of aliphatic hydroxyl groups is 1. The highest BCUT2D eigenvalue weighted by Gasteiger charge is 2.32. The Morgan fingerprint density at radius 3 is 1.64 bits per heavy atom. The van der Waals surface area contributed by atoms with Crippen LogP contribution in [0.15, 0.2) is 4.99 Å². The van der Waals surface area contributed by atoms with Crippen molar-refractivity contribution in [1.29, 1.82) is 0 Å². The predicted octanol–water partition coefficient (Wildman–Crippen LogP) is -4.29. The van der Waals surface area contributed by atoms with Crippen molar-refractivity contribution < 1.29 is 58.4 Å². The Kier molecular flexibility index (Phi) is 18.4. The molecular formula is C26H45N9O12. The number of aliphatic hydroxyl groups excluding tert-OH is 1. The van der Waals surface area contributed by atoms with Crippen LogP contribution in [0.3, 0.4) is 0 Å². The van der Waals surface area contributed by atoms with Gasteiger partial charge in [0.15, 0.2) is 5.96 Å². The minimum absolute atomic E-state index is 0.0177. The molecule has 0 fully saturated rings. The van der Waals surface area contributed by atoms with E-state index in [-0.39, 0.29) is 25.3 Å². The highest BCUT2D eigenvalue weighted by Crippen LogP contribution is 2.08. The summed E-state index contributed by atoms with van der Waals surface area (Å²) in [6, 6.07) is -6.12. The van der Waals surface area contributed by atoms with Gasteiger partial charge in [0.1, 0.15) is 36.3 Å². The van der Waals surface area contributed by atoms with Gasteiger partial charge in [-0.1, -0.05) is 0 Å². The largest absolute Gasteiger partial charge is 0.481 e. The molecule has 0 saturated carbocycles. The van der Waals surface area contributed by atoms with Gasteiger partial charge in [-0.2, -0.15) is 0 Å². The smallest absolute Gasteiger partial charge is 0.408 e. The number of nitrogens with two attached hydrogens (primary N) is 3. The Bertz CT molecular complexity index is 1170. The maximum atomic E-state index is 13.4. The van der Waals surface area contributed by atoms with Gasteiger partial charge in [-0.3, -0.25) is 38.6 Å². The van der Waals surface area contributed by atoms with E-state index in [4.69, 9.17) is 32.2 Å². The number of aliphatic carboxylic acids is 2. The Morgan fingerprint density at radius 2 is 1.19 bits per heavy atom. The van der Waals surface area contributed by atoms with Gasteiger partial charge in [0, 0.05) is 19.4 Å². The highest BCUT2D eigenvalue weighted by molar-refractivity contribution is 5.96. The lowest BCUT2D eigenvalue weighted by Crippen LogP contribution is -2.59. The lowest BCUT2D eigenvalue weighted by atomic mass is 10.1. The number of ether oxygens (including phenoxy) is 1. The second-order valence-corrected chi connectivity index (χ2v) is 11.1. The highest BCUT2D eigenvalue weighted by atomic mass is 16.6. The molecular weight excluding hydrogens is 630 g/mol. The zero-order chi connectivity index (χ0) is 36.3. The summed E-state index contributed by atoms with van der Waals surface area (Å²) in [6.45, 7) is 3.00. The summed E-state index contributed by atoms with van der Waals surface area (Å²) in [5.41, 5.74) is 14.9. The van der Waals surface area contributed by atoms with Crippen LogP contribution in [0, 0.1) is 0 Å². The van der Waals surface area contributed by atoms with Gasteiger partial charge in [-0.15, -0.1) is 0 Å². The van der Waals surface area contributed by atoms with E-state index < -0.39 is 116 Å². The van der Waals surface area contributed by atoms with E-state index in [1.54, 1.807) is 20.8 Å². The van der Waals surface area contributed by atoms with Crippen molar-refractivity contribution in [2.75, 3.05) is 19.7 Å². The van der Waals surface area contributed by atoms with Gasteiger partial charge in [-0.25, -0.2) is 4.79 Å². The fourth-order valence-electron chi connectivity index (χ4n) is 3.61. The van der Waals surface area contributed by atoms with Crippen LogP contribution >= 0.6 is 0 Å². The summed E-state index contributed by atoms with van der Waals surface area (Å²) < 4.78 is 5.07. The normalized spacial score (nSPS) is 13.4. The first-order valence-corrected chi connectivity index (χ1v) is 14.3. The fourth-order valence-corrected chi connectivity index (χ4v) is 3.61. The summed E-state index contributed by atoms with van der Waals surface area (Å²) >= 11 is 0. The molecule has 0 aliphatic carbocycles. The molecule has 14 N–H and O–H groups in total. The Balaban J connectivity index is 6.10. The molecule has 0 rings (SSSR count). The Labute approximate surface area is 269 Å². The van der Waals surface area contributed by atoms with Crippen LogP contribution < -0.4 is 43.8 Å². The molecule has 0 aromatic heterocycles. The maximum Gasteiger partial charge on any atom is 0.408 e. The van der Waals surface area contributed by atoms with Crippen molar-refractivity contribution >= 4 is 53.5 Å². The second-order valence-electron chi connectivity index (χ2n) is 11.1. The number of primary amides is 1. The number of carbonyl (C=O) groups is 8. The van der Waals surface area contributed by atoms with Crippen LogP contribution in [0.4, 0.5) is 4.79 Å². The van der Waals surface area contributed by atoms with Gasteiger partial charge >= 0.3 is 18.0 Å². The average Bonchev–Trinajstić information content (AvgIpc) is 2.94. The average molecular weight is 676 g/mol. The summed E-state index contributed by atoms with van der Waals surface area (Å²) in [6.07, 6.45) is -2.95. The van der Waals surface area contributed by atoms with Gasteiger partial charge in [0.25, 0.3) is 0 Å². The molecule has 0 heterocycles. The van der Waals surface area contributed by atoms with E-state index in [0.29, 0.717) is 0 Å². The molecule has 0 aromatic carbocycles. The number of nitrogens with one attached hydrogen (secondary N) is 5. The van der Waals surface area contributed by atoms with Crippen LogP contribution in [0.2, 0.25) is 0 Å². The zero-order valence-corrected chi connectivity index (χ0v) is 26.4. The molecule has 0 aliphatic rings. The first-order valence-electron chi connectivity index (χ1n) is 14.3. The van der Waals surface area contributed by atoms with Crippen molar-refractivity contribution in [2.24, 2.45) is 22.2 Å². The number of rotatable bonds is 21. The number of carboxylic acid groups (broad SMARTS) is 2. The number of aliphatic imine (C=N–C) groups is 1. The lowest BCUT2D eigenvalue weighted by Gasteiger charge is -2.26. The fraction of sp³-hybridized carbons (Fsp3) is 0.654. The summed E-state index contributed by atoms with van der Waals surface area (Å²) in [5.74, 6) is -7.93. The van der Waals surface area contributed by atoms with Crippen LogP contribution in [0.5, 0.6) is 0 Å². The Morgan fingerprint density at radius 1 is 0.702 bits per heavy atom. The molecule has 0 bridgehead atoms. The first kappa shape index (κ1) is 41.8. The van der Waals surface area contributed by atoms with Crippen molar-refractivity contribution in [3.63, 3.8) is 0 Å². The van der Waals surface area contributed by atoms with E-state index in [2.05, 4.69) is 26.3 Å². The third kappa shape index (κ3) is 19.7. The van der Waals surface area contributed by atoms with Crippen molar-refractivity contribution in [2.45, 2.75) is 89.1 Å². The molecule has 6 amide bonds. The molecule has 0 spiro atoms. The molecule has 4 atom stereocenters. The van der Waals surface area contributed by atoms with Gasteiger partial charge in [0.05, 0.1) is 6.61 Å². The lowest BCUT2D eigenvalue weighted by molar-refractivity contribution is -0.140.